The molecule has 0 aliphatic rings. The molecule has 0 fully saturated rings. The molecule has 21 heavy (non-hydrogen) atoms. The number of tetrazole rings is 1. The van der Waals surface area contributed by atoms with E-state index in [1.54, 1.807) is 11.8 Å². The molecule has 0 aliphatic heterocycles. The Morgan fingerprint density at radius 2 is 1.95 bits per heavy atom. The van der Waals surface area contributed by atoms with E-state index in [4.69, 9.17) is 10.5 Å². The molecule has 0 atom stereocenters. The zero-order chi connectivity index (χ0) is 14.8. The SMILES string of the molecule is COc1ccc(-n2nnnc2-c2ccccc2N)c(C)c1. The number of benzene rings is 2. The van der Waals surface area contributed by atoms with E-state index in [-0.39, 0.29) is 0 Å². The number of nitrogens with zero attached hydrogens (tertiary/aromatic N) is 4. The van der Waals surface area contributed by atoms with Crippen LogP contribution in [-0.4, -0.2) is 27.3 Å². The Balaban J connectivity index is 2.14. The van der Waals surface area contributed by atoms with Crippen molar-refractivity contribution in [2.24, 2.45) is 0 Å². The first-order valence-electron chi connectivity index (χ1n) is 6.49. The minimum atomic E-state index is 0.612. The van der Waals surface area contributed by atoms with Crippen LogP contribution in [0.25, 0.3) is 17.1 Å². The van der Waals surface area contributed by atoms with Gasteiger partial charge in [-0.3, -0.25) is 0 Å². The van der Waals surface area contributed by atoms with Crippen LogP contribution < -0.4 is 10.5 Å². The van der Waals surface area contributed by atoms with Crippen molar-refractivity contribution in [3.8, 4) is 22.8 Å². The molecule has 0 aliphatic carbocycles. The van der Waals surface area contributed by atoms with Crippen molar-refractivity contribution in [1.82, 2.24) is 20.2 Å². The van der Waals surface area contributed by atoms with Gasteiger partial charge in [-0.05, 0) is 53.2 Å². The van der Waals surface area contributed by atoms with E-state index >= 15 is 0 Å². The summed E-state index contributed by atoms with van der Waals surface area (Å²) in [5, 5.41) is 12.0. The molecule has 2 N–H and O–H groups in total. The molecule has 3 aromatic rings. The van der Waals surface area contributed by atoms with E-state index in [2.05, 4.69) is 15.5 Å². The number of methoxy groups -OCH3 is 1. The summed E-state index contributed by atoms with van der Waals surface area (Å²) in [5.74, 6) is 1.41. The second kappa shape index (κ2) is 5.24. The van der Waals surface area contributed by atoms with Gasteiger partial charge >= 0.3 is 0 Å². The Morgan fingerprint density at radius 1 is 1.14 bits per heavy atom. The van der Waals surface area contributed by atoms with Crippen LogP contribution in [-0.2, 0) is 0 Å². The molecular weight excluding hydrogens is 266 g/mol. The van der Waals surface area contributed by atoms with Crippen LogP contribution in [0.4, 0.5) is 5.69 Å². The number of hydrogen-bond donors (Lipinski definition) is 1. The Morgan fingerprint density at radius 3 is 2.67 bits per heavy atom. The molecule has 6 heteroatoms. The van der Waals surface area contributed by atoms with Crippen LogP contribution in [0.2, 0.25) is 0 Å². The van der Waals surface area contributed by atoms with Gasteiger partial charge in [-0.2, -0.15) is 4.68 Å². The summed E-state index contributed by atoms with van der Waals surface area (Å²) in [5.41, 5.74) is 9.36. The average Bonchev–Trinajstić information content (AvgIpc) is 2.96. The summed E-state index contributed by atoms with van der Waals surface area (Å²) in [7, 11) is 1.64. The van der Waals surface area contributed by atoms with Crippen molar-refractivity contribution in [2.45, 2.75) is 6.92 Å². The molecule has 3 rings (SSSR count). The molecule has 1 heterocycles. The van der Waals surface area contributed by atoms with Crippen molar-refractivity contribution in [3.05, 3.63) is 48.0 Å². The third-order valence-corrected chi connectivity index (χ3v) is 3.30. The Bertz CT molecular complexity index is 781. The third-order valence-electron chi connectivity index (χ3n) is 3.30. The predicted molar refractivity (Wildman–Crippen MR) is 80.3 cm³/mol. The van der Waals surface area contributed by atoms with Gasteiger partial charge in [0.15, 0.2) is 5.82 Å². The van der Waals surface area contributed by atoms with Gasteiger partial charge in [0.1, 0.15) is 5.75 Å². The lowest BCUT2D eigenvalue weighted by Crippen LogP contribution is -2.03. The summed E-state index contributed by atoms with van der Waals surface area (Å²) >= 11 is 0. The van der Waals surface area contributed by atoms with E-state index in [9.17, 15) is 0 Å². The molecule has 0 saturated heterocycles. The van der Waals surface area contributed by atoms with Gasteiger partial charge in [0.25, 0.3) is 0 Å². The molecule has 6 nitrogen and oxygen atoms in total. The van der Waals surface area contributed by atoms with Crippen LogP contribution in [0.5, 0.6) is 5.75 Å². The molecule has 2 aromatic carbocycles. The van der Waals surface area contributed by atoms with Gasteiger partial charge in [-0.25, -0.2) is 0 Å². The third kappa shape index (κ3) is 2.31. The largest absolute Gasteiger partial charge is 0.497 e. The van der Waals surface area contributed by atoms with E-state index in [0.29, 0.717) is 11.5 Å². The van der Waals surface area contributed by atoms with Gasteiger partial charge in [-0.1, -0.05) is 12.1 Å². The number of rotatable bonds is 3. The lowest BCUT2D eigenvalue weighted by Gasteiger charge is -2.10. The van der Waals surface area contributed by atoms with E-state index in [1.807, 2.05) is 49.4 Å². The molecule has 0 bridgehead atoms. The van der Waals surface area contributed by atoms with Gasteiger partial charge in [0.2, 0.25) is 0 Å². The predicted octanol–water partition coefficient (Wildman–Crippen LogP) is 2.23. The van der Waals surface area contributed by atoms with Crippen LogP contribution in [0.15, 0.2) is 42.5 Å². The van der Waals surface area contributed by atoms with E-state index < -0.39 is 0 Å². The van der Waals surface area contributed by atoms with Crippen LogP contribution >= 0.6 is 0 Å². The second-order valence-electron chi connectivity index (χ2n) is 4.65. The first-order valence-corrected chi connectivity index (χ1v) is 6.49. The second-order valence-corrected chi connectivity index (χ2v) is 4.65. The van der Waals surface area contributed by atoms with E-state index in [1.165, 1.54) is 0 Å². The summed E-state index contributed by atoms with van der Waals surface area (Å²) in [6.45, 7) is 1.98. The Kier molecular flexibility index (Phi) is 3.27. The topological polar surface area (TPSA) is 78.8 Å². The van der Waals surface area contributed by atoms with Crippen molar-refractivity contribution in [3.63, 3.8) is 0 Å². The molecule has 1 aromatic heterocycles. The summed E-state index contributed by atoms with van der Waals surface area (Å²) in [6.07, 6.45) is 0. The minimum Gasteiger partial charge on any atom is -0.497 e. The smallest absolute Gasteiger partial charge is 0.189 e. The molecule has 106 valence electrons. The summed E-state index contributed by atoms with van der Waals surface area (Å²) < 4.78 is 6.90. The van der Waals surface area contributed by atoms with Crippen LogP contribution in [0, 0.1) is 6.92 Å². The fraction of sp³-hybridized carbons (Fsp3) is 0.133. The molecule has 0 spiro atoms. The molecule has 0 saturated carbocycles. The highest BCUT2D eigenvalue weighted by Gasteiger charge is 2.14. The normalized spacial score (nSPS) is 10.6. The Hall–Kier alpha value is -2.89. The lowest BCUT2D eigenvalue weighted by molar-refractivity contribution is 0.414. The van der Waals surface area contributed by atoms with E-state index in [0.717, 1.165) is 22.6 Å². The van der Waals surface area contributed by atoms with Crippen molar-refractivity contribution < 1.29 is 4.74 Å². The molecule has 0 amide bonds. The minimum absolute atomic E-state index is 0.612. The number of ether oxygens (including phenoxy) is 1. The highest BCUT2D eigenvalue weighted by Crippen LogP contribution is 2.27. The fourth-order valence-corrected chi connectivity index (χ4v) is 2.21. The van der Waals surface area contributed by atoms with Crippen LogP contribution in [0.1, 0.15) is 5.56 Å². The average molecular weight is 281 g/mol. The highest BCUT2D eigenvalue weighted by atomic mass is 16.5. The number of aromatic nitrogens is 4. The number of nitrogen functional groups attached to an aromatic ring is 1. The summed E-state index contributed by atoms with van der Waals surface area (Å²) in [6, 6.07) is 13.3. The number of para-hydroxylation sites is 1. The highest BCUT2D eigenvalue weighted by molar-refractivity contribution is 5.72. The van der Waals surface area contributed by atoms with Crippen LogP contribution in [0.3, 0.4) is 0 Å². The number of nitrogens with two attached hydrogens (primary N) is 1. The fourth-order valence-electron chi connectivity index (χ4n) is 2.21. The van der Waals surface area contributed by atoms with Gasteiger partial charge in [0, 0.05) is 11.3 Å². The van der Waals surface area contributed by atoms with Crippen molar-refractivity contribution in [2.75, 3.05) is 12.8 Å². The lowest BCUT2D eigenvalue weighted by atomic mass is 10.1. The number of anilines is 1. The number of hydrogen-bond acceptors (Lipinski definition) is 5. The maximum Gasteiger partial charge on any atom is 0.189 e. The molecular formula is C15H15N5O. The van der Waals surface area contributed by atoms with Crippen molar-refractivity contribution in [1.29, 1.82) is 0 Å². The zero-order valence-electron chi connectivity index (χ0n) is 11.8. The monoisotopic (exact) mass is 281 g/mol. The maximum atomic E-state index is 6.01. The number of aryl methyl sites for hydroxylation is 1. The first-order chi connectivity index (χ1) is 10.2. The van der Waals surface area contributed by atoms with Gasteiger partial charge in [0.05, 0.1) is 12.8 Å². The molecule has 0 radical (unpaired) electrons. The standard InChI is InChI=1S/C15H15N5O/c1-10-9-11(21-2)7-8-14(10)20-15(17-18-19-20)12-5-3-4-6-13(12)16/h3-9H,16H2,1-2H3. The van der Waals surface area contributed by atoms with Crippen molar-refractivity contribution >= 4 is 5.69 Å². The first kappa shape index (κ1) is 13.1. The summed E-state index contributed by atoms with van der Waals surface area (Å²) in [4.78, 5) is 0. The maximum absolute atomic E-state index is 6.01. The quantitative estimate of drug-likeness (QED) is 0.745. The zero-order valence-corrected chi connectivity index (χ0v) is 11.8. The van der Waals surface area contributed by atoms with Gasteiger partial charge < -0.3 is 10.5 Å². The van der Waals surface area contributed by atoms with Gasteiger partial charge in [-0.15, -0.1) is 5.10 Å². The molecule has 0 unspecified atom stereocenters. The Labute approximate surface area is 122 Å².